The number of pyridine rings is 1. The fraction of sp³-hybridized carbons (Fsp3) is 0.500. The summed E-state index contributed by atoms with van der Waals surface area (Å²) in [5.41, 5.74) is 1.11. The minimum Gasteiger partial charge on any atom is -0.469 e. The molecule has 2 aromatic rings. The number of aromatic nitrogens is 1. The quantitative estimate of drug-likeness (QED) is 0.599. The molecule has 146 valence electrons. The third kappa shape index (κ3) is 5.72. The summed E-state index contributed by atoms with van der Waals surface area (Å²) in [7, 11) is 1.77. The molecule has 0 amide bonds. The van der Waals surface area contributed by atoms with Crippen LogP contribution in [0, 0.1) is 0 Å². The molecule has 1 saturated heterocycles. The van der Waals surface area contributed by atoms with Gasteiger partial charge in [-0.3, -0.25) is 4.99 Å². The Labute approximate surface area is 160 Å². The molecule has 7 heteroatoms. The summed E-state index contributed by atoms with van der Waals surface area (Å²) in [6.07, 6.45) is 4.89. The second kappa shape index (κ2) is 9.41. The van der Waals surface area contributed by atoms with E-state index in [0.717, 1.165) is 49.2 Å². The van der Waals surface area contributed by atoms with Gasteiger partial charge in [-0.15, -0.1) is 0 Å². The van der Waals surface area contributed by atoms with Crippen molar-refractivity contribution in [2.45, 2.75) is 39.0 Å². The van der Waals surface area contributed by atoms with Crippen LogP contribution in [0.5, 0.6) is 0 Å². The Kier molecular flexibility index (Phi) is 6.70. The molecule has 0 aromatic carbocycles. The standard InChI is InChI=1S/C20H29N5O2/c1-15-13-25(14-16(2)27-15)19-7-6-17(11-23-19)12-24-20(21-3)22-9-8-18-5-4-10-26-18/h4-7,10-11,15-16H,8-9,12-14H2,1-3H3,(H2,21,22,24). The first kappa shape index (κ1) is 19.2. The van der Waals surface area contributed by atoms with E-state index >= 15 is 0 Å². The van der Waals surface area contributed by atoms with Crippen molar-refractivity contribution in [3.05, 3.63) is 48.0 Å². The van der Waals surface area contributed by atoms with Crippen molar-refractivity contribution in [1.29, 1.82) is 0 Å². The predicted molar refractivity (Wildman–Crippen MR) is 107 cm³/mol. The van der Waals surface area contributed by atoms with E-state index in [4.69, 9.17) is 9.15 Å². The van der Waals surface area contributed by atoms with Crippen LogP contribution in [0.15, 0.2) is 46.1 Å². The Hall–Kier alpha value is -2.54. The lowest BCUT2D eigenvalue weighted by atomic mass is 10.2. The van der Waals surface area contributed by atoms with E-state index in [1.54, 1.807) is 13.3 Å². The largest absolute Gasteiger partial charge is 0.469 e. The molecule has 0 spiro atoms. The summed E-state index contributed by atoms with van der Waals surface area (Å²) in [4.78, 5) is 11.2. The van der Waals surface area contributed by atoms with Crippen molar-refractivity contribution in [3.8, 4) is 0 Å². The molecule has 2 N–H and O–H groups in total. The van der Waals surface area contributed by atoms with E-state index in [9.17, 15) is 0 Å². The fourth-order valence-corrected chi connectivity index (χ4v) is 3.24. The average Bonchev–Trinajstić information content (AvgIpc) is 3.17. The highest BCUT2D eigenvalue weighted by Crippen LogP contribution is 2.18. The van der Waals surface area contributed by atoms with Gasteiger partial charge in [0.15, 0.2) is 5.96 Å². The zero-order chi connectivity index (χ0) is 19.1. The maximum absolute atomic E-state index is 5.79. The van der Waals surface area contributed by atoms with Crippen LogP contribution in [0.1, 0.15) is 25.2 Å². The number of hydrogen-bond acceptors (Lipinski definition) is 5. The van der Waals surface area contributed by atoms with Crippen molar-refractivity contribution >= 4 is 11.8 Å². The van der Waals surface area contributed by atoms with Crippen molar-refractivity contribution in [2.24, 2.45) is 4.99 Å². The maximum atomic E-state index is 5.79. The van der Waals surface area contributed by atoms with E-state index < -0.39 is 0 Å². The number of ether oxygens (including phenoxy) is 1. The molecule has 0 saturated carbocycles. The molecule has 2 unspecified atom stereocenters. The van der Waals surface area contributed by atoms with Gasteiger partial charge in [0, 0.05) is 45.8 Å². The Morgan fingerprint density at radius 1 is 1.22 bits per heavy atom. The molecule has 7 nitrogen and oxygen atoms in total. The van der Waals surface area contributed by atoms with E-state index in [2.05, 4.69) is 51.5 Å². The summed E-state index contributed by atoms with van der Waals surface area (Å²) in [5.74, 6) is 2.73. The lowest BCUT2D eigenvalue weighted by molar-refractivity contribution is -0.00545. The van der Waals surface area contributed by atoms with Crippen LogP contribution in [-0.2, 0) is 17.7 Å². The molecule has 3 heterocycles. The molecule has 1 aliphatic rings. The van der Waals surface area contributed by atoms with Gasteiger partial charge in [0.05, 0.1) is 18.5 Å². The summed E-state index contributed by atoms with van der Waals surface area (Å²) < 4.78 is 11.1. The number of furan rings is 1. The molecule has 1 aliphatic heterocycles. The van der Waals surface area contributed by atoms with Gasteiger partial charge in [-0.2, -0.15) is 0 Å². The third-order valence-electron chi connectivity index (χ3n) is 4.48. The van der Waals surface area contributed by atoms with Gasteiger partial charge in [-0.25, -0.2) is 4.98 Å². The minimum absolute atomic E-state index is 0.229. The number of morpholine rings is 1. The van der Waals surface area contributed by atoms with Gasteiger partial charge in [-0.1, -0.05) is 6.07 Å². The lowest BCUT2D eigenvalue weighted by Crippen LogP contribution is -2.45. The molecule has 2 aromatic heterocycles. The van der Waals surface area contributed by atoms with E-state index in [1.807, 2.05) is 18.3 Å². The molecule has 2 atom stereocenters. The summed E-state index contributed by atoms with van der Waals surface area (Å²) in [6, 6.07) is 8.06. The average molecular weight is 371 g/mol. The number of guanidine groups is 1. The molecular formula is C20H29N5O2. The van der Waals surface area contributed by atoms with Crippen molar-refractivity contribution in [2.75, 3.05) is 31.6 Å². The maximum Gasteiger partial charge on any atom is 0.191 e. The molecule has 0 bridgehead atoms. The second-order valence-electron chi connectivity index (χ2n) is 6.87. The zero-order valence-electron chi connectivity index (χ0n) is 16.3. The number of hydrogen-bond donors (Lipinski definition) is 2. The van der Waals surface area contributed by atoms with Crippen LogP contribution >= 0.6 is 0 Å². The Balaban J connectivity index is 1.46. The van der Waals surface area contributed by atoms with Gasteiger partial charge in [0.1, 0.15) is 11.6 Å². The number of anilines is 1. The van der Waals surface area contributed by atoms with Gasteiger partial charge in [0.2, 0.25) is 0 Å². The van der Waals surface area contributed by atoms with Crippen LogP contribution in [0.4, 0.5) is 5.82 Å². The molecule has 3 rings (SSSR count). The van der Waals surface area contributed by atoms with Crippen LogP contribution < -0.4 is 15.5 Å². The number of rotatable bonds is 6. The highest BCUT2D eigenvalue weighted by atomic mass is 16.5. The lowest BCUT2D eigenvalue weighted by Gasteiger charge is -2.36. The highest BCUT2D eigenvalue weighted by molar-refractivity contribution is 5.79. The zero-order valence-corrected chi connectivity index (χ0v) is 16.3. The summed E-state index contributed by atoms with van der Waals surface area (Å²) in [6.45, 7) is 7.39. The Morgan fingerprint density at radius 2 is 2.04 bits per heavy atom. The van der Waals surface area contributed by atoms with Crippen molar-refractivity contribution in [3.63, 3.8) is 0 Å². The molecule has 27 heavy (non-hydrogen) atoms. The normalized spacial score (nSPS) is 20.6. The van der Waals surface area contributed by atoms with Crippen LogP contribution in [0.3, 0.4) is 0 Å². The number of nitrogens with zero attached hydrogens (tertiary/aromatic N) is 3. The van der Waals surface area contributed by atoms with Crippen LogP contribution in [-0.4, -0.2) is 49.8 Å². The number of nitrogens with one attached hydrogen (secondary N) is 2. The first-order chi connectivity index (χ1) is 13.1. The molecular weight excluding hydrogens is 342 g/mol. The monoisotopic (exact) mass is 371 g/mol. The van der Waals surface area contributed by atoms with Crippen LogP contribution in [0.2, 0.25) is 0 Å². The fourth-order valence-electron chi connectivity index (χ4n) is 3.24. The molecule has 0 radical (unpaired) electrons. The van der Waals surface area contributed by atoms with E-state index in [1.165, 1.54) is 0 Å². The van der Waals surface area contributed by atoms with Gasteiger partial charge in [0.25, 0.3) is 0 Å². The van der Waals surface area contributed by atoms with Crippen LogP contribution in [0.25, 0.3) is 0 Å². The molecule has 1 fully saturated rings. The smallest absolute Gasteiger partial charge is 0.191 e. The summed E-state index contributed by atoms with van der Waals surface area (Å²) in [5, 5.41) is 6.60. The van der Waals surface area contributed by atoms with E-state index in [-0.39, 0.29) is 12.2 Å². The first-order valence-corrected chi connectivity index (χ1v) is 9.46. The van der Waals surface area contributed by atoms with E-state index in [0.29, 0.717) is 6.54 Å². The predicted octanol–water partition coefficient (Wildman–Crippen LogP) is 2.20. The minimum atomic E-state index is 0.229. The van der Waals surface area contributed by atoms with Gasteiger partial charge < -0.3 is 24.7 Å². The summed E-state index contributed by atoms with van der Waals surface area (Å²) >= 11 is 0. The van der Waals surface area contributed by atoms with Crippen molar-refractivity contribution < 1.29 is 9.15 Å². The second-order valence-corrected chi connectivity index (χ2v) is 6.87. The first-order valence-electron chi connectivity index (χ1n) is 9.46. The SMILES string of the molecule is CN=C(NCCc1ccco1)NCc1ccc(N2CC(C)OC(C)C2)nc1. The highest BCUT2D eigenvalue weighted by Gasteiger charge is 2.22. The van der Waals surface area contributed by atoms with Crippen molar-refractivity contribution in [1.82, 2.24) is 15.6 Å². The topological polar surface area (TPSA) is 74.9 Å². The Bertz CT molecular complexity index is 704. The number of aliphatic imine (C=N–C) groups is 1. The third-order valence-corrected chi connectivity index (χ3v) is 4.48. The Morgan fingerprint density at radius 3 is 2.67 bits per heavy atom. The van der Waals surface area contributed by atoms with Gasteiger partial charge in [-0.05, 0) is 37.6 Å². The van der Waals surface area contributed by atoms with Gasteiger partial charge >= 0.3 is 0 Å². The molecule has 0 aliphatic carbocycles.